The first-order valence-electron chi connectivity index (χ1n) is 9.96. The van der Waals surface area contributed by atoms with Gasteiger partial charge in [0, 0.05) is 10.9 Å². The Balaban J connectivity index is 1.45. The Hall–Kier alpha value is -2.39. The van der Waals surface area contributed by atoms with E-state index in [2.05, 4.69) is 10.6 Å². The summed E-state index contributed by atoms with van der Waals surface area (Å²) in [5.41, 5.74) is 2.48. The van der Waals surface area contributed by atoms with E-state index in [-0.39, 0.29) is 36.0 Å². The van der Waals surface area contributed by atoms with E-state index in [0.717, 1.165) is 35.3 Å². The topological polar surface area (TPSA) is 102 Å². The minimum atomic E-state index is -3.09. The molecule has 1 saturated heterocycles. The van der Waals surface area contributed by atoms with Gasteiger partial charge in [0.2, 0.25) is 0 Å². The second kappa shape index (κ2) is 8.39. The van der Waals surface area contributed by atoms with Gasteiger partial charge in [0.15, 0.2) is 16.4 Å². The van der Waals surface area contributed by atoms with Crippen LogP contribution in [0.25, 0.3) is 0 Å². The molecule has 0 spiro atoms. The third kappa shape index (κ3) is 4.67. The fourth-order valence-electron chi connectivity index (χ4n) is 3.92. The molecular weight excluding hydrogens is 424 g/mol. The van der Waals surface area contributed by atoms with Crippen LogP contribution in [0.15, 0.2) is 24.3 Å². The summed E-state index contributed by atoms with van der Waals surface area (Å²) in [5, 5.41) is 6.18. The molecule has 0 saturated carbocycles. The van der Waals surface area contributed by atoms with Gasteiger partial charge in [0.05, 0.1) is 17.1 Å². The van der Waals surface area contributed by atoms with Crippen molar-refractivity contribution in [2.24, 2.45) is 0 Å². The predicted octanol–water partition coefficient (Wildman–Crippen LogP) is 2.48. The molecule has 7 nitrogen and oxygen atoms in total. The molecule has 2 heterocycles. The number of aryl methyl sites for hydroxylation is 2. The molecule has 4 rings (SSSR count). The van der Waals surface area contributed by atoms with Crippen molar-refractivity contribution >= 4 is 38.0 Å². The maximum Gasteiger partial charge on any atom is 0.262 e. The fraction of sp³-hybridized carbons (Fsp3) is 0.429. The summed E-state index contributed by atoms with van der Waals surface area (Å²) in [6.07, 6.45) is 3.07. The minimum Gasteiger partial charge on any atom is -0.484 e. The first kappa shape index (κ1) is 20.9. The maximum atomic E-state index is 13.0. The van der Waals surface area contributed by atoms with E-state index < -0.39 is 9.84 Å². The molecule has 9 heteroatoms. The SMILES string of the molecule is Cc1cccc(OCC(=O)Nc2sc3c(c2C(=O)N[C@@H]2CCS(=O)(=O)C2)CCC3)c1. The summed E-state index contributed by atoms with van der Waals surface area (Å²) in [6.45, 7) is 1.79. The van der Waals surface area contributed by atoms with E-state index in [1.54, 1.807) is 6.07 Å². The molecule has 0 unspecified atom stereocenters. The molecule has 1 fully saturated rings. The molecule has 1 aliphatic heterocycles. The van der Waals surface area contributed by atoms with Crippen LogP contribution in [0.1, 0.15) is 39.2 Å². The highest BCUT2D eigenvalue weighted by Gasteiger charge is 2.32. The van der Waals surface area contributed by atoms with Crippen LogP contribution < -0.4 is 15.4 Å². The van der Waals surface area contributed by atoms with E-state index in [9.17, 15) is 18.0 Å². The number of nitrogens with one attached hydrogen (secondary N) is 2. The molecule has 2 aromatic rings. The van der Waals surface area contributed by atoms with Crippen molar-refractivity contribution in [3.05, 3.63) is 45.8 Å². The summed E-state index contributed by atoms with van der Waals surface area (Å²) < 4.78 is 29.0. The number of thiophene rings is 1. The quantitative estimate of drug-likeness (QED) is 0.707. The zero-order chi connectivity index (χ0) is 21.3. The summed E-state index contributed by atoms with van der Waals surface area (Å²) >= 11 is 1.42. The highest BCUT2D eigenvalue weighted by molar-refractivity contribution is 7.91. The lowest BCUT2D eigenvalue weighted by Crippen LogP contribution is -2.36. The van der Waals surface area contributed by atoms with E-state index in [0.29, 0.717) is 22.7 Å². The number of hydrogen-bond acceptors (Lipinski definition) is 6. The molecule has 2 amide bonds. The van der Waals surface area contributed by atoms with Gasteiger partial charge < -0.3 is 15.4 Å². The number of ether oxygens (including phenoxy) is 1. The number of benzene rings is 1. The Bertz CT molecular complexity index is 1090. The van der Waals surface area contributed by atoms with Gasteiger partial charge in [-0.3, -0.25) is 9.59 Å². The third-order valence-corrected chi connectivity index (χ3v) is 8.30. The van der Waals surface area contributed by atoms with Crippen molar-refractivity contribution in [3.63, 3.8) is 0 Å². The zero-order valence-corrected chi connectivity index (χ0v) is 18.3. The standard InChI is InChI=1S/C21H24N2O5S2/c1-13-4-2-5-15(10-13)28-11-18(24)23-21-19(16-6-3-7-17(16)29-21)20(25)22-14-8-9-30(26,27)12-14/h2,4-5,10,14H,3,6-9,11-12H2,1H3,(H,22,25)(H,23,24)/t14-/m1/s1. The number of fused-ring (bicyclic) bond motifs is 1. The molecule has 1 aromatic carbocycles. The summed E-state index contributed by atoms with van der Waals surface area (Å²) in [6, 6.07) is 7.06. The lowest BCUT2D eigenvalue weighted by atomic mass is 10.1. The Morgan fingerprint density at radius 3 is 2.83 bits per heavy atom. The predicted molar refractivity (Wildman–Crippen MR) is 116 cm³/mol. The van der Waals surface area contributed by atoms with Gasteiger partial charge in [-0.1, -0.05) is 12.1 Å². The second-order valence-corrected chi connectivity index (χ2v) is 11.1. The Morgan fingerprint density at radius 2 is 2.10 bits per heavy atom. The molecule has 0 radical (unpaired) electrons. The van der Waals surface area contributed by atoms with Crippen molar-refractivity contribution in [2.75, 3.05) is 23.4 Å². The molecule has 1 aromatic heterocycles. The van der Waals surface area contributed by atoms with Gasteiger partial charge in [0.25, 0.3) is 11.8 Å². The van der Waals surface area contributed by atoms with Crippen molar-refractivity contribution in [3.8, 4) is 5.75 Å². The maximum absolute atomic E-state index is 13.0. The van der Waals surface area contributed by atoms with Crippen LogP contribution in [0.2, 0.25) is 0 Å². The van der Waals surface area contributed by atoms with Crippen LogP contribution >= 0.6 is 11.3 Å². The van der Waals surface area contributed by atoms with Gasteiger partial charge in [-0.15, -0.1) is 11.3 Å². The summed E-state index contributed by atoms with van der Waals surface area (Å²) in [5.74, 6) is 0.0241. The average molecular weight is 449 g/mol. The van der Waals surface area contributed by atoms with Crippen LogP contribution in [0.5, 0.6) is 5.75 Å². The molecular formula is C21H24N2O5S2. The Kier molecular flexibility index (Phi) is 5.84. The van der Waals surface area contributed by atoms with Gasteiger partial charge in [-0.05, 0) is 55.9 Å². The summed E-state index contributed by atoms with van der Waals surface area (Å²) in [7, 11) is -3.09. The van der Waals surface area contributed by atoms with E-state index in [1.165, 1.54) is 11.3 Å². The van der Waals surface area contributed by atoms with Gasteiger partial charge in [0.1, 0.15) is 10.8 Å². The Morgan fingerprint density at radius 1 is 1.27 bits per heavy atom. The fourth-order valence-corrected chi connectivity index (χ4v) is 6.89. The normalized spacial score (nSPS) is 19.3. The van der Waals surface area contributed by atoms with Crippen LogP contribution in [0, 0.1) is 6.92 Å². The summed E-state index contributed by atoms with van der Waals surface area (Å²) in [4.78, 5) is 26.5. The van der Waals surface area contributed by atoms with Crippen LogP contribution in [0.3, 0.4) is 0 Å². The van der Waals surface area contributed by atoms with E-state index >= 15 is 0 Å². The largest absolute Gasteiger partial charge is 0.484 e. The number of carbonyl (C=O) groups is 2. The molecule has 1 atom stereocenters. The van der Waals surface area contributed by atoms with E-state index in [1.807, 2.05) is 25.1 Å². The molecule has 1 aliphatic carbocycles. The Labute approximate surface area is 179 Å². The third-order valence-electron chi connectivity index (χ3n) is 5.33. The van der Waals surface area contributed by atoms with Crippen molar-refractivity contribution in [1.29, 1.82) is 0 Å². The van der Waals surface area contributed by atoms with Gasteiger partial charge >= 0.3 is 0 Å². The lowest BCUT2D eigenvalue weighted by molar-refractivity contribution is -0.118. The monoisotopic (exact) mass is 448 g/mol. The number of rotatable bonds is 6. The van der Waals surface area contributed by atoms with Gasteiger partial charge in [-0.25, -0.2) is 8.42 Å². The van der Waals surface area contributed by atoms with Crippen molar-refractivity contribution in [1.82, 2.24) is 5.32 Å². The number of anilines is 1. The van der Waals surface area contributed by atoms with Crippen molar-refractivity contribution in [2.45, 2.75) is 38.6 Å². The molecule has 2 aliphatic rings. The molecule has 0 bridgehead atoms. The number of hydrogen-bond donors (Lipinski definition) is 2. The lowest BCUT2D eigenvalue weighted by Gasteiger charge is -2.13. The zero-order valence-electron chi connectivity index (χ0n) is 16.7. The number of carbonyl (C=O) groups excluding carboxylic acids is 2. The molecule has 160 valence electrons. The molecule has 2 N–H and O–H groups in total. The number of amides is 2. The van der Waals surface area contributed by atoms with Crippen molar-refractivity contribution < 1.29 is 22.7 Å². The number of sulfone groups is 1. The minimum absolute atomic E-state index is 0.0307. The van der Waals surface area contributed by atoms with Crippen LogP contribution in [0.4, 0.5) is 5.00 Å². The van der Waals surface area contributed by atoms with Crippen LogP contribution in [-0.4, -0.2) is 44.4 Å². The van der Waals surface area contributed by atoms with Crippen LogP contribution in [-0.2, 0) is 27.5 Å². The first-order valence-corrected chi connectivity index (χ1v) is 12.6. The van der Waals surface area contributed by atoms with E-state index in [4.69, 9.17) is 4.74 Å². The second-order valence-electron chi connectivity index (χ2n) is 7.79. The average Bonchev–Trinajstić information content (AvgIpc) is 3.34. The first-order chi connectivity index (χ1) is 14.3. The smallest absolute Gasteiger partial charge is 0.262 e. The highest BCUT2D eigenvalue weighted by atomic mass is 32.2. The van der Waals surface area contributed by atoms with Gasteiger partial charge in [-0.2, -0.15) is 0 Å². The highest BCUT2D eigenvalue weighted by Crippen LogP contribution is 2.39. The molecule has 30 heavy (non-hydrogen) atoms.